The summed E-state index contributed by atoms with van der Waals surface area (Å²) in [6.07, 6.45) is 13.9. The van der Waals surface area contributed by atoms with Gasteiger partial charge in [-0.15, -0.1) is 0 Å². The molecule has 69 heavy (non-hydrogen) atoms. The number of hydrogen-bond donors (Lipinski definition) is 0. The molecule has 0 radical (unpaired) electrons. The van der Waals surface area contributed by atoms with Crippen LogP contribution in [0.3, 0.4) is 0 Å². The van der Waals surface area contributed by atoms with Gasteiger partial charge in [0.25, 0.3) is 0 Å². The first kappa shape index (κ1) is 45.0. The summed E-state index contributed by atoms with van der Waals surface area (Å²) in [6, 6.07) is 73.1. The maximum absolute atomic E-state index is 5.91. The van der Waals surface area contributed by atoms with Crippen LogP contribution in [-0.4, -0.2) is 15.0 Å². The quantitative estimate of drug-likeness (QED) is 0.127. The topological polar surface area (TPSA) is 78.1 Å². The van der Waals surface area contributed by atoms with Crippen LogP contribution in [0.5, 0.6) is 0 Å². The predicted molar refractivity (Wildman–Crippen MR) is 282 cm³/mol. The van der Waals surface area contributed by atoms with Gasteiger partial charge in [0.2, 0.25) is 17.7 Å². The molecule has 0 N–H and O–H groups in total. The van der Waals surface area contributed by atoms with Crippen molar-refractivity contribution in [3.05, 3.63) is 270 Å². The molecule has 0 atom stereocenters. The van der Waals surface area contributed by atoms with Gasteiger partial charge in [-0.3, -0.25) is 0 Å². The molecule has 6 heteroatoms. The molecule has 3 aromatic heterocycles. The van der Waals surface area contributed by atoms with E-state index in [1.807, 2.05) is 146 Å². The number of oxazole rings is 3. The molecule has 0 aliphatic heterocycles. The van der Waals surface area contributed by atoms with Crippen LogP contribution >= 0.6 is 0 Å². The second kappa shape index (κ2) is 22.4. The minimum atomic E-state index is 0.586. The molecule has 0 saturated carbocycles. The molecule has 0 unspecified atom stereocenters. The van der Waals surface area contributed by atoms with E-state index >= 15 is 0 Å². The Labute approximate surface area is 403 Å². The van der Waals surface area contributed by atoms with Crippen molar-refractivity contribution in [3.63, 3.8) is 0 Å². The molecule has 0 aliphatic carbocycles. The van der Waals surface area contributed by atoms with E-state index < -0.39 is 0 Å². The van der Waals surface area contributed by atoms with Crippen LogP contribution in [0.2, 0.25) is 0 Å². The smallest absolute Gasteiger partial charge is 0.226 e. The molecule has 3 heterocycles. The average molecular weight is 896 g/mol. The standard InChI is InChI=1S/C24H16N2O2.C24H22.C15H11NO/c1-3-7-17(8-4-1)21-15-25-23(27-21)19-11-13-20(14-12-19)24-26-16-22(28-24)18-9-5-2-6-10-18;1-19-7-3-5-9-23(19)17-15-21-11-13-22(14-12-21)16-18-24-10-6-4-8-20(24)2;1-3-7-12(8-4-1)14-11-16-15(17-14)13-9-5-2-6-10-13/h1-16H;3-18H,1-2H3;1-11H/b;17-15+,18-16+;. The summed E-state index contributed by atoms with van der Waals surface area (Å²) in [6.45, 7) is 4.28. The molecular formula is C63H49N3O3. The molecular weight excluding hydrogens is 847 g/mol. The van der Waals surface area contributed by atoms with Crippen molar-refractivity contribution in [2.45, 2.75) is 13.8 Å². The maximum atomic E-state index is 5.91. The third kappa shape index (κ3) is 12.0. The third-order valence-electron chi connectivity index (χ3n) is 11.3. The van der Waals surface area contributed by atoms with Gasteiger partial charge >= 0.3 is 0 Å². The number of benzene rings is 8. The number of aryl methyl sites for hydroxylation is 2. The molecule has 11 rings (SSSR count). The lowest BCUT2D eigenvalue weighted by Crippen LogP contribution is -1.80. The Morgan fingerprint density at radius 3 is 0.870 bits per heavy atom. The minimum absolute atomic E-state index is 0.586. The van der Waals surface area contributed by atoms with Crippen molar-refractivity contribution in [2.75, 3.05) is 0 Å². The van der Waals surface area contributed by atoms with E-state index in [-0.39, 0.29) is 0 Å². The summed E-state index contributed by atoms with van der Waals surface area (Å²) in [5.74, 6) is 4.12. The summed E-state index contributed by atoms with van der Waals surface area (Å²) in [5, 5.41) is 0. The van der Waals surface area contributed by atoms with Gasteiger partial charge in [-0.2, -0.15) is 0 Å². The SMILES string of the molecule is Cc1ccccc1/C=C/c1ccc(/C=C/c2ccccc2C)cc1.c1ccc(-c2cnc(-c3ccc(-c4ncc(-c5ccccc5)o4)cc3)o2)cc1.c1ccc(-c2cnc(-c3ccccc3)o2)cc1. The van der Waals surface area contributed by atoms with Gasteiger partial charge in [0, 0.05) is 33.4 Å². The molecule has 0 saturated heterocycles. The second-order valence-corrected chi connectivity index (χ2v) is 16.2. The van der Waals surface area contributed by atoms with Gasteiger partial charge in [0.1, 0.15) is 0 Å². The van der Waals surface area contributed by atoms with Crippen molar-refractivity contribution in [3.8, 4) is 68.3 Å². The lowest BCUT2D eigenvalue weighted by molar-refractivity contribution is 0.587. The van der Waals surface area contributed by atoms with Crippen molar-refractivity contribution >= 4 is 24.3 Å². The van der Waals surface area contributed by atoms with Crippen LogP contribution in [0.1, 0.15) is 33.4 Å². The molecule has 6 nitrogen and oxygen atoms in total. The van der Waals surface area contributed by atoms with Crippen molar-refractivity contribution < 1.29 is 13.3 Å². The Hall–Kier alpha value is -9.13. The lowest BCUT2D eigenvalue weighted by atomic mass is 10.0. The lowest BCUT2D eigenvalue weighted by Gasteiger charge is -2.00. The Bertz CT molecular complexity index is 3140. The molecule has 0 spiro atoms. The van der Waals surface area contributed by atoms with Gasteiger partial charge in [0.05, 0.1) is 18.6 Å². The van der Waals surface area contributed by atoms with E-state index in [1.54, 1.807) is 18.6 Å². The van der Waals surface area contributed by atoms with Gasteiger partial charge in [0.15, 0.2) is 17.3 Å². The van der Waals surface area contributed by atoms with E-state index in [0.29, 0.717) is 17.7 Å². The van der Waals surface area contributed by atoms with Crippen LogP contribution in [0.15, 0.2) is 250 Å². The van der Waals surface area contributed by atoms with Crippen LogP contribution in [0, 0.1) is 13.8 Å². The summed E-state index contributed by atoms with van der Waals surface area (Å²) in [5.41, 5.74) is 13.4. The molecule has 334 valence electrons. The van der Waals surface area contributed by atoms with Crippen LogP contribution in [-0.2, 0) is 0 Å². The van der Waals surface area contributed by atoms with E-state index in [9.17, 15) is 0 Å². The Morgan fingerprint density at radius 1 is 0.275 bits per heavy atom. The summed E-state index contributed by atoms with van der Waals surface area (Å²) >= 11 is 0. The van der Waals surface area contributed by atoms with E-state index in [2.05, 4.69) is 126 Å². The third-order valence-corrected chi connectivity index (χ3v) is 11.3. The number of aromatic nitrogens is 3. The zero-order chi connectivity index (χ0) is 47.0. The fourth-order valence-electron chi connectivity index (χ4n) is 7.40. The number of nitrogens with zero attached hydrogens (tertiary/aromatic N) is 3. The first-order valence-electron chi connectivity index (χ1n) is 22.8. The highest BCUT2D eigenvalue weighted by atomic mass is 16.4. The molecule has 11 aromatic rings. The van der Waals surface area contributed by atoms with Gasteiger partial charge in [-0.05, 0) is 83.6 Å². The number of rotatable bonds is 10. The van der Waals surface area contributed by atoms with Crippen molar-refractivity contribution in [2.24, 2.45) is 0 Å². The van der Waals surface area contributed by atoms with Gasteiger partial charge in [-0.1, -0.05) is 206 Å². The molecule has 0 amide bonds. The molecule has 0 fully saturated rings. The zero-order valence-electron chi connectivity index (χ0n) is 38.4. The normalized spacial score (nSPS) is 10.9. The maximum Gasteiger partial charge on any atom is 0.226 e. The van der Waals surface area contributed by atoms with Crippen LogP contribution in [0.25, 0.3) is 92.6 Å². The monoisotopic (exact) mass is 895 g/mol. The summed E-state index contributed by atoms with van der Waals surface area (Å²) in [4.78, 5) is 13.1. The van der Waals surface area contributed by atoms with Crippen molar-refractivity contribution in [1.29, 1.82) is 0 Å². The minimum Gasteiger partial charge on any atom is -0.436 e. The fourth-order valence-corrected chi connectivity index (χ4v) is 7.40. The first-order valence-corrected chi connectivity index (χ1v) is 22.8. The molecule has 0 bridgehead atoms. The average Bonchev–Trinajstić information content (AvgIpc) is 4.24. The van der Waals surface area contributed by atoms with Crippen LogP contribution in [0.4, 0.5) is 0 Å². The van der Waals surface area contributed by atoms with Gasteiger partial charge in [-0.25, -0.2) is 15.0 Å². The van der Waals surface area contributed by atoms with Crippen molar-refractivity contribution in [1.82, 2.24) is 15.0 Å². The Kier molecular flexibility index (Phi) is 14.6. The Balaban J connectivity index is 0.000000133. The van der Waals surface area contributed by atoms with Gasteiger partial charge < -0.3 is 13.3 Å². The Morgan fingerprint density at radius 2 is 0.551 bits per heavy atom. The van der Waals surface area contributed by atoms with E-state index in [0.717, 1.165) is 50.7 Å². The highest BCUT2D eigenvalue weighted by molar-refractivity contribution is 5.74. The predicted octanol–water partition coefficient (Wildman–Crippen LogP) is 17.0. The highest BCUT2D eigenvalue weighted by Gasteiger charge is 2.12. The summed E-state index contributed by atoms with van der Waals surface area (Å²) in [7, 11) is 0. The van der Waals surface area contributed by atoms with E-state index in [1.165, 1.54) is 33.4 Å². The molecule has 0 aliphatic rings. The number of hydrogen-bond acceptors (Lipinski definition) is 6. The van der Waals surface area contributed by atoms with Crippen LogP contribution < -0.4 is 0 Å². The fraction of sp³-hybridized carbons (Fsp3) is 0.0317. The summed E-state index contributed by atoms with van der Waals surface area (Å²) < 4.78 is 17.6. The highest BCUT2D eigenvalue weighted by Crippen LogP contribution is 2.30. The first-order chi connectivity index (χ1) is 34.0. The molecule has 8 aromatic carbocycles. The zero-order valence-corrected chi connectivity index (χ0v) is 38.4. The second-order valence-electron chi connectivity index (χ2n) is 16.2. The largest absolute Gasteiger partial charge is 0.436 e. The van der Waals surface area contributed by atoms with E-state index in [4.69, 9.17) is 13.3 Å².